The summed E-state index contributed by atoms with van der Waals surface area (Å²) >= 11 is 0. The van der Waals surface area contributed by atoms with E-state index in [-0.39, 0.29) is 12.3 Å². The van der Waals surface area contributed by atoms with Gasteiger partial charge in [-0.2, -0.15) is 13.2 Å². The molecule has 4 nitrogen and oxygen atoms in total. The van der Waals surface area contributed by atoms with E-state index < -0.39 is 24.5 Å². The molecule has 0 saturated heterocycles. The van der Waals surface area contributed by atoms with Crippen molar-refractivity contribution in [2.24, 2.45) is 0 Å². The molecule has 164 valence electrons. The zero-order valence-electron chi connectivity index (χ0n) is 17.8. The summed E-state index contributed by atoms with van der Waals surface area (Å²) in [5.74, 6) is 0.0926. The highest BCUT2D eigenvalue weighted by atomic mass is 19.4. The third-order valence-electron chi connectivity index (χ3n) is 4.01. The Kier molecular flexibility index (Phi) is 9.53. The quantitative estimate of drug-likeness (QED) is 0.405. The molecule has 0 aliphatic rings. The largest absolute Gasteiger partial charge is 0.484 e. The molecule has 0 atom stereocenters. The summed E-state index contributed by atoms with van der Waals surface area (Å²) in [6.07, 6.45) is 0.499. The van der Waals surface area contributed by atoms with E-state index >= 15 is 0 Å². The Balaban J connectivity index is 3.06. The number of halogens is 3. The van der Waals surface area contributed by atoms with Crippen molar-refractivity contribution < 1.29 is 27.4 Å². The lowest BCUT2D eigenvalue weighted by Crippen LogP contribution is -2.37. The standard InChI is InChI=1S/C22H32F3NO3/c1-6-8-9-10-13-26(20(27)29-21(3,4)5)15-18-14-17(7-2)11-12-19(18)28-16-22(23,24)25/h7,11-12,14H,2,6,8-10,13,15-16H2,1,3-5H3. The van der Waals surface area contributed by atoms with Gasteiger partial charge in [0.1, 0.15) is 11.4 Å². The van der Waals surface area contributed by atoms with Gasteiger partial charge in [0.05, 0.1) is 6.54 Å². The molecule has 0 fully saturated rings. The number of carbonyl (C=O) groups excluding carboxylic acids is 1. The molecular weight excluding hydrogens is 383 g/mol. The lowest BCUT2D eigenvalue weighted by molar-refractivity contribution is -0.153. The van der Waals surface area contributed by atoms with E-state index in [1.54, 1.807) is 39.0 Å². The Labute approximate surface area is 171 Å². The predicted octanol–water partition coefficient (Wildman–Crippen LogP) is 6.59. The molecule has 0 aromatic heterocycles. The van der Waals surface area contributed by atoms with Gasteiger partial charge in [-0.1, -0.05) is 44.9 Å². The average molecular weight is 415 g/mol. The molecule has 1 aromatic carbocycles. The van der Waals surface area contributed by atoms with Crippen molar-refractivity contribution in [1.82, 2.24) is 4.90 Å². The number of carbonyl (C=O) groups is 1. The smallest absolute Gasteiger partial charge is 0.422 e. The molecule has 0 heterocycles. The minimum atomic E-state index is -4.45. The number of rotatable bonds is 10. The van der Waals surface area contributed by atoms with Gasteiger partial charge in [0.2, 0.25) is 0 Å². The van der Waals surface area contributed by atoms with Gasteiger partial charge >= 0.3 is 12.3 Å². The molecule has 0 saturated carbocycles. The molecule has 0 bridgehead atoms. The maximum Gasteiger partial charge on any atom is 0.422 e. The van der Waals surface area contributed by atoms with Crippen LogP contribution in [0.5, 0.6) is 5.75 Å². The van der Waals surface area contributed by atoms with Crippen molar-refractivity contribution in [2.75, 3.05) is 13.2 Å². The van der Waals surface area contributed by atoms with Crippen LogP contribution in [0.1, 0.15) is 64.5 Å². The summed E-state index contributed by atoms with van der Waals surface area (Å²) in [5.41, 5.74) is 0.541. The maximum absolute atomic E-state index is 12.7. The van der Waals surface area contributed by atoms with Crippen LogP contribution in [0.2, 0.25) is 0 Å². The first-order valence-electron chi connectivity index (χ1n) is 9.88. The zero-order valence-corrected chi connectivity index (χ0v) is 17.8. The molecule has 0 unspecified atom stereocenters. The summed E-state index contributed by atoms with van der Waals surface area (Å²) in [6, 6.07) is 4.78. The highest BCUT2D eigenvalue weighted by Gasteiger charge is 2.29. The molecule has 29 heavy (non-hydrogen) atoms. The van der Waals surface area contributed by atoms with Crippen LogP contribution < -0.4 is 4.74 Å². The van der Waals surface area contributed by atoms with Gasteiger partial charge in [-0.15, -0.1) is 0 Å². The summed E-state index contributed by atoms with van der Waals surface area (Å²) in [7, 11) is 0. The van der Waals surface area contributed by atoms with E-state index in [1.807, 2.05) is 0 Å². The van der Waals surface area contributed by atoms with Crippen LogP contribution in [0.25, 0.3) is 6.08 Å². The van der Waals surface area contributed by atoms with Crippen molar-refractivity contribution in [3.63, 3.8) is 0 Å². The molecule has 0 radical (unpaired) electrons. The molecule has 0 aliphatic carbocycles. The topological polar surface area (TPSA) is 38.8 Å². The SMILES string of the molecule is C=Cc1ccc(OCC(F)(F)F)c(CN(CCCCCC)C(=O)OC(C)(C)C)c1. The fraction of sp³-hybridized carbons (Fsp3) is 0.591. The number of nitrogens with zero attached hydrogens (tertiary/aromatic N) is 1. The summed E-state index contributed by atoms with van der Waals surface area (Å²) in [6.45, 7) is 10.3. The van der Waals surface area contributed by atoms with Gasteiger partial charge < -0.3 is 14.4 Å². The number of ether oxygens (including phenoxy) is 2. The van der Waals surface area contributed by atoms with E-state index in [9.17, 15) is 18.0 Å². The lowest BCUT2D eigenvalue weighted by atomic mass is 10.1. The second-order valence-corrected chi connectivity index (χ2v) is 7.94. The second-order valence-electron chi connectivity index (χ2n) is 7.94. The van der Waals surface area contributed by atoms with Crippen LogP contribution in [-0.4, -0.2) is 35.9 Å². The third-order valence-corrected chi connectivity index (χ3v) is 4.01. The van der Waals surface area contributed by atoms with Crippen LogP contribution in [0.4, 0.5) is 18.0 Å². The Morgan fingerprint density at radius 1 is 1.17 bits per heavy atom. The van der Waals surface area contributed by atoms with E-state index in [0.717, 1.165) is 31.2 Å². The van der Waals surface area contributed by atoms with Crippen LogP contribution in [0.15, 0.2) is 24.8 Å². The lowest BCUT2D eigenvalue weighted by Gasteiger charge is -2.28. The number of alkyl halides is 3. The van der Waals surface area contributed by atoms with E-state index in [0.29, 0.717) is 12.1 Å². The fourth-order valence-corrected chi connectivity index (χ4v) is 2.65. The van der Waals surface area contributed by atoms with Gasteiger partial charge in [-0.25, -0.2) is 4.79 Å². The molecule has 0 N–H and O–H groups in total. The first-order valence-corrected chi connectivity index (χ1v) is 9.88. The Morgan fingerprint density at radius 3 is 2.41 bits per heavy atom. The van der Waals surface area contributed by atoms with Gasteiger partial charge in [-0.05, 0) is 44.9 Å². The van der Waals surface area contributed by atoms with Gasteiger partial charge in [0.15, 0.2) is 6.61 Å². The van der Waals surface area contributed by atoms with Crippen LogP contribution >= 0.6 is 0 Å². The molecule has 0 spiro atoms. The molecule has 1 rings (SSSR count). The van der Waals surface area contributed by atoms with Crippen molar-refractivity contribution in [3.05, 3.63) is 35.9 Å². The molecule has 1 amide bonds. The number of benzene rings is 1. The first kappa shape index (κ1) is 24.9. The summed E-state index contributed by atoms with van der Waals surface area (Å²) < 4.78 is 48.3. The number of hydrogen-bond acceptors (Lipinski definition) is 3. The summed E-state index contributed by atoms with van der Waals surface area (Å²) in [4.78, 5) is 14.2. The van der Waals surface area contributed by atoms with Crippen LogP contribution in [-0.2, 0) is 11.3 Å². The van der Waals surface area contributed by atoms with Crippen molar-refractivity contribution in [1.29, 1.82) is 0 Å². The predicted molar refractivity (Wildman–Crippen MR) is 109 cm³/mol. The van der Waals surface area contributed by atoms with Crippen LogP contribution in [0.3, 0.4) is 0 Å². The van der Waals surface area contributed by atoms with E-state index in [4.69, 9.17) is 9.47 Å². The normalized spacial score (nSPS) is 11.8. The fourth-order valence-electron chi connectivity index (χ4n) is 2.65. The van der Waals surface area contributed by atoms with Gasteiger partial charge in [0.25, 0.3) is 0 Å². The Morgan fingerprint density at radius 2 is 1.86 bits per heavy atom. The molecular formula is C22H32F3NO3. The van der Waals surface area contributed by atoms with Crippen molar-refractivity contribution in [3.8, 4) is 5.75 Å². The van der Waals surface area contributed by atoms with Crippen molar-refractivity contribution >= 4 is 12.2 Å². The molecule has 7 heteroatoms. The first-order chi connectivity index (χ1) is 13.4. The maximum atomic E-state index is 12.7. The monoisotopic (exact) mass is 415 g/mol. The highest BCUT2D eigenvalue weighted by molar-refractivity contribution is 5.68. The average Bonchev–Trinajstić information content (AvgIpc) is 2.60. The van der Waals surface area contributed by atoms with E-state index in [1.165, 1.54) is 11.0 Å². The number of unbranched alkanes of at least 4 members (excludes halogenated alkanes) is 3. The van der Waals surface area contributed by atoms with E-state index in [2.05, 4.69) is 13.5 Å². The van der Waals surface area contributed by atoms with Gasteiger partial charge in [0, 0.05) is 12.1 Å². The second kappa shape index (κ2) is 11.1. The highest BCUT2D eigenvalue weighted by Crippen LogP contribution is 2.26. The van der Waals surface area contributed by atoms with Crippen LogP contribution in [0, 0.1) is 0 Å². The zero-order chi connectivity index (χ0) is 22.1. The molecule has 1 aromatic rings. The number of hydrogen-bond donors (Lipinski definition) is 0. The third kappa shape index (κ3) is 10.2. The minimum absolute atomic E-state index is 0.0926. The number of amides is 1. The Hall–Kier alpha value is -2.18. The van der Waals surface area contributed by atoms with Gasteiger partial charge in [-0.3, -0.25) is 0 Å². The molecule has 0 aliphatic heterocycles. The summed E-state index contributed by atoms with van der Waals surface area (Å²) in [5, 5.41) is 0. The minimum Gasteiger partial charge on any atom is -0.484 e. The Bertz CT molecular complexity index is 666. The van der Waals surface area contributed by atoms with Crippen molar-refractivity contribution in [2.45, 2.75) is 71.7 Å².